The topological polar surface area (TPSA) is 81.8 Å². The highest BCUT2D eigenvalue weighted by Crippen LogP contribution is 2.28. The summed E-state index contributed by atoms with van der Waals surface area (Å²) in [5.74, 6) is -1.08. The maximum Gasteiger partial charge on any atom is 0.303 e. The molecule has 0 aliphatic rings. The maximum atomic E-state index is 13.9. The van der Waals surface area contributed by atoms with Crippen molar-refractivity contribution in [2.24, 2.45) is 5.73 Å². The van der Waals surface area contributed by atoms with Gasteiger partial charge >= 0.3 is 5.97 Å². The lowest BCUT2D eigenvalue weighted by Gasteiger charge is -2.16. The third-order valence-corrected chi connectivity index (χ3v) is 2.77. The largest absolute Gasteiger partial charge is 0.496 e. The molecule has 0 radical (unpaired) electrons. The van der Waals surface area contributed by atoms with Crippen LogP contribution in [0, 0.1) is 5.82 Å². The first-order chi connectivity index (χ1) is 8.99. The average molecular weight is 271 g/mol. The Morgan fingerprint density at radius 2 is 2.16 bits per heavy atom. The molecule has 6 heteroatoms. The number of carboxylic acid groups (broad SMARTS) is 1. The SMILES string of the molecule is COCc1cc(C(N)CCC(=O)O)c(F)cc1OC. The second-order valence-electron chi connectivity index (χ2n) is 4.16. The van der Waals surface area contributed by atoms with Crippen LogP contribution in [-0.2, 0) is 16.1 Å². The summed E-state index contributed by atoms with van der Waals surface area (Å²) in [7, 11) is 2.96. The van der Waals surface area contributed by atoms with Crippen molar-refractivity contribution in [3.05, 3.63) is 29.1 Å². The molecule has 3 N–H and O–H groups in total. The standard InChI is InChI=1S/C13H18FNO4/c1-18-7-8-5-9(10(14)6-12(8)19-2)11(15)3-4-13(16)17/h5-6,11H,3-4,7,15H2,1-2H3,(H,16,17). The molecule has 0 spiro atoms. The minimum absolute atomic E-state index is 0.105. The molecule has 1 aromatic carbocycles. The molecule has 19 heavy (non-hydrogen) atoms. The van der Waals surface area contributed by atoms with Gasteiger partial charge in [-0.05, 0) is 12.5 Å². The van der Waals surface area contributed by atoms with Crippen LogP contribution in [0.5, 0.6) is 5.75 Å². The van der Waals surface area contributed by atoms with E-state index in [-0.39, 0.29) is 25.0 Å². The molecule has 0 saturated carbocycles. The molecular formula is C13H18FNO4. The van der Waals surface area contributed by atoms with E-state index < -0.39 is 17.8 Å². The minimum Gasteiger partial charge on any atom is -0.496 e. The van der Waals surface area contributed by atoms with E-state index >= 15 is 0 Å². The number of carboxylic acids is 1. The van der Waals surface area contributed by atoms with Gasteiger partial charge in [0.15, 0.2) is 0 Å². The fourth-order valence-corrected chi connectivity index (χ4v) is 1.80. The molecule has 0 heterocycles. The van der Waals surface area contributed by atoms with Gasteiger partial charge < -0.3 is 20.3 Å². The lowest BCUT2D eigenvalue weighted by atomic mass is 9.99. The van der Waals surface area contributed by atoms with Crippen molar-refractivity contribution in [3.63, 3.8) is 0 Å². The monoisotopic (exact) mass is 271 g/mol. The van der Waals surface area contributed by atoms with Gasteiger partial charge in [0, 0.05) is 36.8 Å². The van der Waals surface area contributed by atoms with Crippen molar-refractivity contribution in [2.45, 2.75) is 25.5 Å². The van der Waals surface area contributed by atoms with E-state index in [4.69, 9.17) is 20.3 Å². The van der Waals surface area contributed by atoms with Crippen LogP contribution in [0.4, 0.5) is 4.39 Å². The number of halogens is 1. The van der Waals surface area contributed by atoms with Crippen LogP contribution < -0.4 is 10.5 Å². The Bertz CT molecular complexity index is 451. The summed E-state index contributed by atoms with van der Waals surface area (Å²) >= 11 is 0. The molecule has 1 aromatic rings. The predicted molar refractivity (Wildman–Crippen MR) is 67.5 cm³/mol. The highest BCUT2D eigenvalue weighted by Gasteiger charge is 2.16. The van der Waals surface area contributed by atoms with E-state index in [1.807, 2.05) is 0 Å². The van der Waals surface area contributed by atoms with Gasteiger partial charge in [-0.15, -0.1) is 0 Å². The van der Waals surface area contributed by atoms with Crippen LogP contribution >= 0.6 is 0 Å². The highest BCUT2D eigenvalue weighted by molar-refractivity contribution is 5.66. The third-order valence-electron chi connectivity index (χ3n) is 2.77. The summed E-state index contributed by atoms with van der Waals surface area (Å²) < 4.78 is 23.9. The zero-order valence-electron chi connectivity index (χ0n) is 11.0. The van der Waals surface area contributed by atoms with Gasteiger partial charge in [-0.25, -0.2) is 4.39 Å². The van der Waals surface area contributed by atoms with Crippen LogP contribution in [0.2, 0.25) is 0 Å². The van der Waals surface area contributed by atoms with Crippen molar-refractivity contribution in [3.8, 4) is 5.75 Å². The molecule has 106 valence electrons. The molecule has 1 rings (SSSR count). The second kappa shape index (κ2) is 7.06. The number of rotatable bonds is 7. The number of methoxy groups -OCH3 is 2. The molecule has 1 unspecified atom stereocenters. The summed E-state index contributed by atoms with van der Waals surface area (Å²) in [6, 6.07) is 2.13. The molecule has 0 aliphatic carbocycles. The summed E-state index contributed by atoms with van der Waals surface area (Å²) in [5.41, 5.74) is 6.76. The van der Waals surface area contributed by atoms with Crippen molar-refractivity contribution in [1.29, 1.82) is 0 Å². The zero-order valence-corrected chi connectivity index (χ0v) is 11.0. The number of hydrogen-bond acceptors (Lipinski definition) is 4. The quantitative estimate of drug-likeness (QED) is 0.790. The number of hydrogen-bond donors (Lipinski definition) is 2. The molecule has 0 saturated heterocycles. The van der Waals surface area contributed by atoms with Crippen LogP contribution in [0.1, 0.15) is 30.0 Å². The van der Waals surface area contributed by atoms with Gasteiger partial charge in [-0.3, -0.25) is 4.79 Å². The van der Waals surface area contributed by atoms with E-state index in [1.165, 1.54) is 20.3 Å². The van der Waals surface area contributed by atoms with Crippen molar-refractivity contribution < 1.29 is 23.8 Å². The molecule has 0 fully saturated rings. The van der Waals surface area contributed by atoms with Crippen LogP contribution in [-0.4, -0.2) is 25.3 Å². The van der Waals surface area contributed by atoms with Gasteiger partial charge in [0.25, 0.3) is 0 Å². The minimum atomic E-state index is -0.957. The summed E-state index contributed by atoms with van der Waals surface area (Å²) in [4.78, 5) is 10.5. The molecule has 0 bridgehead atoms. The first kappa shape index (κ1) is 15.4. The van der Waals surface area contributed by atoms with E-state index in [1.54, 1.807) is 6.07 Å². The first-order valence-electron chi connectivity index (χ1n) is 5.82. The Morgan fingerprint density at radius 1 is 1.47 bits per heavy atom. The molecule has 0 amide bonds. The molecule has 5 nitrogen and oxygen atoms in total. The van der Waals surface area contributed by atoms with E-state index in [2.05, 4.69) is 0 Å². The smallest absolute Gasteiger partial charge is 0.303 e. The van der Waals surface area contributed by atoms with Crippen LogP contribution in [0.3, 0.4) is 0 Å². The summed E-state index contributed by atoms with van der Waals surface area (Å²) in [6.45, 7) is 0.266. The second-order valence-corrected chi connectivity index (χ2v) is 4.16. The summed E-state index contributed by atoms with van der Waals surface area (Å²) in [5, 5.41) is 8.61. The number of benzene rings is 1. The van der Waals surface area contributed by atoms with Crippen LogP contribution in [0.15, 0.2) is 12.1 Å². The lowest BCUT2D eigenvalue weighted by molar-refractivity contribution is -0.137. The fourth-order valence-electron chi connectivity index (χ4n) is 1.80. The summed E-state index contributed by atoms with van der Waals surface area (Å²) in [6.07, 6.45) is 0.0667. The van der Waals surface area contributed by atoms with E-state index in [0.717, 1.165) is 0 Å². The number of aliphatic carboxylic acids is 1. The van der Waals surface area contributed by atoms with Crippen molar-refractivity contribution in [1.82, 2.24) is 0 Å². The lowest BCUT2D eigenvalue weighted by Crippen LogP contribution is -2.15. The number of nitrogens with two attached hydrogens (primary N) is 1. The molecular weight excluding hydrogens is 253 g/mol. The molecule has 1 atom stereocenters. The van der Waals surface area contributed by atoms with Crippen molar-refractivity contribution in [2.75, 3.05) is 14.2 Å². The van der Waals surface area contributed by atoms with Gasteiger partial charge in [0.2, 0.25) is 0 Å². The number of ether oxygens (including phenoxy) is 2. The zero-order chi connectivity index (χ0) is 14.4. The maximum absolute atomic E-state index is 13.9. The van der Waals surface area contributed by atoms with E-state index in [0.29, 0.717) is 11.3 Å². The predicted octanol–water partition coefficient (Wildman–Crippen LogP) is 1.85. The Morgan fingerprint density at radius 3 is 2.68 bits per heavy atom. The van der Waals surface area contributed by atoms with Crippen molar-refractivity contribution >= 4 is 5.97 Å². The average Bonchev–Trinajstić information content (AvgIpc) is 2.37. The first-order valence-corrected chi connectivity index (χ1v) is 5.82. The normalized spacial score (nSPS) is 12.2. The van der Waals surface area contributed by atoms with Gasteiger partial charge in [-0.2, -0.15) is 0 Å². The van der Waals surface area contributed by atoms with Gasteiger partial charge in [0.05, 0.1) is 13.7 Å². The fraction of sp³-hybridized carbons (Fsp3) is 0.462. The molecule has 0 aliphatic heterocycles. The Hall–Kier alpha value is -1.66. The van der Waals surface area contributed by atoms with Gasteiger partial charge in [0.1, 0.15) is 11.6 Å². The Labute approximate surface area is 111 Å². The number of carbonyl (C=O) groups is 1. The highest BCUT2D eigenvalue weighted by atomic mass is 19.1. The van der Waals surface area contributed by atoms with Crippen LogP contribution in [0.25, 0.3) is 0 Å². The Balaban J connectivity index is 2.99. The Kier molecular flexibility index (Phi) is 5.72. The molecule has 0 aromatic heterocycles. The van der Waals surface area contributed by atoms with Gasteiger partial charge in [-0.1, -0.05) is 0 Å². The van der Waals surface area contributed by atoms with E-state index in [9.17, 15) is 9.18 Å². The third kappa shape index (κ3) is 4.18.